The van der Waals surface area contributed by atoms with Gasteiger partial charge < -0.3 is 10.2 Å². The standard InChI is InChI=1S/C37H42ClN3O4S/c1-6-29(5)39-37(43)35(23-30-10-8-7-9-11-30)40(24-31-15-17-32(38)18-16-31)36(42)25-41(34-21-14-27(3)22-28(34)4)46(44,45)33-19-12-26(2)13-20-33/h7-22,29,35H,6,23-25H2,1-5H3,(H,39,43)/t29-,35-/m0/s1. The summed E-state index contributed by atoms with van der Waals surface area (Å²) in [7, 11) is -4.17. The molecule has 1 N–H and O–H groups in total. The minimum Gasteiger partial charge on any atom is -0.352 e. The highest BCUT2D eigenvalue weighted by Gasteiger charge is 2.35. The molecule has 0 heterocycles. The first-order valence-electron chi connectivity index (χ1n) is 15.4. The fourth-order valence-corrected chi connectivity index (χ4v) is 6.82. The zero-order valence-electron chi connectivity index (χ0n) is 27.0. The van der Waals surface area contributed by atoms with E-state index in [9.17, 15) is 18.0 Å². The molecular weight excluding hydrogens is 618 g/mol. The van der Waals surface area contributed by atoms with Crippen molar-refractivity contribution in [2.75, 3.05) is 10.8 Å². The van der Waals surface area contributed by atoms with Gasteiger partial charge in [-0.3, -0.25) is 13.9 Å². The molecule has 0 unspecified atom stereocenters. The molecule has 4 aromatic rings. The number of carbonyl (C=O) groups is 2. The predicted octanol–water partition coefficient (Wildman–Crippen LogP) is 7.02. The van der Waals surface area contributed by atoms with Crippen molar-refractivity contribution in [1.29, 1.82) is 0 Å². The normalized spacial score (nSPS) is 12.7. The summed E-state index contributed by atoms with van der Waals surface area (Å²) in [4.78, 5) is 30.1. The number of nitrogens with one attached hydrogen (secondary N) is 1. The molecule has 7 nitrogen and oxygen atoms in total. The molecule has 0 aromatic heterocycles. The lowest BCUT2D eigenvalue weighted by molar-refractivity contribution is -0.140. The summed E-state index contributed by atoms with van der Waals surface area (Å²) in [5, 5.41) is 3.60. The molecule has 9 heteroatoms. The van der Waals surface area contributed by atoms with Crippen LogP contribution < -0.4 is 9.62 Å². The maximum Gasteiger partial charge on any atom is 0.264 e. The van der Waals surface area contributed by atoms with Crippen LogP contribution >= 0.6 is 11.6 Å². The van der Waals surface area contributed by atoms with E-state index in [-0.39, 0.29) is 29.8 Å². The van der Waals surface area contributed by atoms with Gasteiger partial charge in [-0.2, -0.15) is 0 Å². The molecule has 0 aliphatic rings. The van der Waals surface area contributed by atoms with Gasteiger partial charge in [0.05, 0.1) is 10.6 Å². The van der Waals surface area contributed by atoms with Gasteiger partial charge in [-0.05, 0) is 81.1 Å². The van der Waals surface area contributed by atoms with Crippen LogP contribution in [-0.4, -0.2) is 43.8 Å². The van der Waals surface area contributed by atoms with Crippen LogP contribution in [-0.2, 0) is 32.6 Å². The number of hydrogen-bond acceptors (Lipinski definition) is 4. The third-order valence-electron chi connectivity index (χ3n) is 8.05. The Morgan fingerprint density at radius 2 is 1.46 bits per heavy atom. The number of amides is 2. The Morgan fingerprint density at radius 3 is 2.07 bits per heavy atom. The average molecular weight is 660 g/mol. The lowest BCUT2D eigenvalue weighted by Gasteiger charge is -2.34. The van der Waals surface area contributed by atoms with Gasteiger partial charge in [-0.15, -0.1) is 0 Å². The van der Waals surface area contributed by atoms with E-state index in [0.717, 1.165) is 26.6 Å². The highest BCUT2D eigenvalue weighted by atomic mass is 35.5. The summed E-state index contributed by atoms with van der Waals surface area (Å²) in [6.45, 7) is 9.10. The Balaban J connectivity index is 1.83. The number of benzene rings is 4. The van der Waals surface area contributed by atoms with E-state index in [1.807, 2.05) is 77.1 Å². The van der Waals surface area contributed by atoms with Crippen LogP contribution in [0, 0.1) is 20.8 Å². The van der Waals surface area contributed by atoms with Crippen LogP contribution in [0.1, 0.15) is 48.1 Å². The number of hydrogen-bond donors (Lipinski definition) is 1. The summed E-state index contributed by atoms with van der Waals surface area (Å²) in [5.41, 5.74) is 4.62. The second kappa shape index (κ2) is 15.4. The van der Waals surface area contributed by atoms with E-state index in [2.05, 4.69) is 5.32 Å². The van der Waals surface area contributed by atoms with Gasteiger partial charge in [0.15, 0.2) is 0 Å². The van der Waals surface area contributed by atoms with Crippen LogP contribution in [0.25, 0.3) is 0 Å². The highest BCUT2D eigenvalue weighted by Crippen LogP contribution is 2.29. The molecule has 4 rings (SSSR count). The molecule has 0 spiro atoms. The van der Waals surface area contributed by atoms with Crippen molar-refractivity contribution < 1.29 is 18.0 Å². The lowest BCUT2D eigenvalue weighted by Crippen LogP contribution is -2.54. The Labute approximate surface area is 278 Å². The number of aryl methyl sites for hydroxylation is 3. The van der Waals surface area contributed by atoms with Gasteiger partial charge in [0.1, 0.15) is 12.6 Å². The van der Waals surface area contributed by atoms with E-state index in [4.69, 9.17) is 11.6 Å². The van der Waals surface area contributed by atoms with Gasteiger partial charge >= 0.3 is 0 Å². The number of halogens is 1. The first-order valence-corrected chi connectivity index (χ1v) is 17.3. The summed E-state index contributed by atoms with van der Waals surface area (Å²) in [5.74, 6) is -0.814. The molecule has 0 saturated heterocycles. The molecule has 0 bridgehead atoms. The molecule has 0 fully saturated rings. The molecule has 0 aliphatic heterocycles. The molecule has 2 atom stereocenters. The van der Waals surface area contributed by atoms with Crippen LogP contribution in [0.5, 0.6) is 0 Å². The van der Waals surface area contributed by atoms with E-state index in [1.165, 1.54) is 4.90 Å². The first-order chi connectivity index (χ1) is 21.9. The average Bonchev–Trinajstić information content (AvgIpc) is 3.03. The Bertz CT molecular complexity index is 1740. The predicted molar refractivity (Wildman–Crippen MR) is 185 cm³/mol. The Kier molecular flexibility index (Phi) is 11.7. The van der Waals surface area contributed by atoms with Gasteiger partial charge in [-0.25, -0.2) is 8.42 Å². The van der Waals surface area contributed by atoms with E-state index < -0.39 is 28.5 Å². The Morgan fingerprint density at radius 1 is 0.826 bits per heavy atom. The van der Waals surface area contributed by atoms with Crippen LogP contribution in [0.2, 0.25) is 5.02 Å². The number of anilines is 1. The first kappa shape index (κ1) is 34.7. The van der Waals surface area contributed by atoms with E-state index in [1.54, 1.807) is 54.6 Å². The van der Waals surface area contributed by atoms with Crippen molar-refractivity contribution in [2.45, 2.75) is 71.0 Å². The quantitative estimate of drug-likeness (QED) is 0.167. The van der Waals surface area contributed by atoms with Crippen molar-refractivity contribution in [3.63, 3.8) is 0 Å². The topological polar surface area (TPSA) is 86.8 Å². The summed E-state index contributed by atoms with van der Waals surface area (Å²) in [6.07, 6.45) is 0.959. The molecule has 4 aromatic carbocycles. The molecule has 0 radical (unpaired) electrons. The molecular formula is C37H42ClN3O4S. The molecule has 0 aliphatic carbocycles. The van der Waals surface area contributed by atoms with Gasteiger partial charge in [0.2, 0.25) is 11.8 Å². The van der Waals surface area contributed by atoms with Crippen molar-refractivity contribution >= 4 is 39.1 Å². The maximum atomic E-state index is 14.6. The maximum absolute atomic E-state index is 14.6. The molecule has 0 saturated carbocycles. The fraction of sp³-hybridized carbons (Fsp3) is 0.297. The SMILES string of the molecule is CC[C@H](C)NC(=O)[C@H](Cc1ccccc1)N(Cc1ccc(Cl)cc1)C(=O)CN(c1ccc(C)cc1C)S(=O)(=O)c1ccc(C)cc1. The van der Waals surface area contributed by atoms with Gasteiger partial charge in [-0.1, -0.05) is 96.4 Å². The minimum absolute atomic E-state index is 0.0745. The third-order valence-corrected chi connectivity index (χ3v) is 10.1. The van der Waals surface area contributed by atoms with Gasteiger partial charge in [0, 0.05) is 24.0 Å². The molecule has 46 heavy (non-hydrogen) atoms. The van der Waals surface area contributed by atoms with Crippen molar-refractivity contribution in [2.24, 2.45) is 0 Å². The third kappa shape index (κ3) is 8.77. The second-order valence-corrected chi connectivity index (χ2v) is 14.1. The lowest BCUT2D eigenvalue weighted by atomic mass is 10.0. The van der Waals surface area contributed by atoms with Crippen LogP contribution in [0.4, 0.5) is 5.69 Å². The Hall–Kier alpha value is -4.14. The second-order valence-electron chi connectivity index (χ2n) is 11.8. The smallest absolute Gasteiger partial charge is 0.264 e. The van der Waals surface area contributed by atoms with E-state index in [0.29, 0.717) is 22.7 Å². The van der Waals surface area contributed by atoms with Crippen molar-refractivity contribution in [1.82, 2.24) is 10.2 Å². The number of sulfonamides is 1. The van der Waals surface area contributed by atoms with Crippen LogP contribution in [0.15, 0.2) is 102 Å². The summed E-state index contributed by atoms with van der Waals surface area (Å²) >= 11 is 6.17. The zero-order valence-corrected chi connectivity index (χ0v) is 28.6. The zero-order chi connectivity index (χ0) is 33.4. The summed E-state index contributed by atoms with van der Waals surface area (Å²) < 4.78 is 29.7. The highest BCUT2D eigenvalue weighted by molar-refractivity contribution is 7.92. The number of nitrogens with zero attached hydrogens (tertiary/aromatic N) is 2. The minimum atomic E-state index is -4.17. The van der Waals surface area contributed by atoms with E-state index >= 15 is 0 Å². The number of carbonyl (C=O) groups excluding carboxylic acids is 2. The molecule has 242 valence electrons. The number of rotatable bonds is 13. The fourth-order valence-electron chi connectivity index (χ4n) is 5.22. The monoisotopic (exact) mass is 659 g/mol. The molecule has 2 amide bonds. The van der Waals surface area contributed by atoms with Crippen molar-refractivity contribution in [3.8, 4) is 0 Å². The summed E-state index contributed by atoms with van der Waals surface area (Å²) in [6, 6.07) is 27.6. The van der Waals surface area contributed by atoms with Gasteiger partial charge in [0.25, 0.3) is 10.0 Å². The largest absolute Gasteiger partial charge is 0.352 e. The van der Waals surface area contributed by atoms with Crippen molar-refractivity contribution in [3.05, 3.63) is 130 Å². The van der Waals surface area contributed by atoms with Crippen LogP contribution in [0.3, 0.4) is 0 Å².